The summed E-state index contributed by atoms with van der Waals surface area (Å²) < 4.78 is 0. The van der Waals surface area contributed by atoms with Crippen LogP contribution in [-0.4, -0.2) is 10.5 Å². The molecule has 1 aromatic rings. The molecule has 0 spiro atoms. The summed E-state index contributed by atoms with van der Waals surface area (Å²) in [7, 11) is 0. The van der Waals surface area contributed by atoms with Crippen LogP contribution in [0.4, 0.5) is 11.4 Å². The molecule has 0 amide bonds. The molecule has 0 radical (unpaired) electrons. The topological polar surface area (TPSA) is 55.2 Å². The van der Waals surface area contributed by atoms with Gasteiger partial charge in [0.05, 0.1) is 4.92 Å². The van der Waals surface area contributed by atoms with Crippen LogP contribution in [0.3, 0.4) is 0 Å². The van der Waals surface area contributed by atoms with Gasteiger partial charge in [-0.2, -0.15) is 0 Å². The van der Waals surface area contributed by atoms with Crippen molar-refractivity contribution >= 4 is 11.4 Å². The molecule has 1 aliphatic rings. The molecule has 0 unspecified atom stereocenters. The number of hydrogen-bond donors (Lipinski definition) is 1. The summed E-state index contributed by atoms with van der Waals surface area (Å²) in [6.45, 7) is 2.07. The highest BCUT2D eigenvalue weighted by molar-refractivity contribution is 5.62. The second kappa shape index (κ2) is 2.97. The predicted molar refractivity (Wildman–Crippen MR) is 54.4 cm³/mol. The van der Waals surface area contributed by atoms with E-state index in [1.54, 1.807) is 18.2 Å². The van der Waals surface area contributed by atoms with E-state index >= 15 is 0 Å². The van der Waals surface area contributed by atoms with Gasteiger partial charge in [-0.15, -0.1) is 0 Å². The molecule has 1 aromatic carbocycles. The minimum atomic E-state index is -0.353. The first kappa shape index (κ1) is 8.99. The number of nitrogens with one attached hydrogen (secondary N) is 1. The minimum absolute atomic E-state index is 0.0755. The minimum Gasteiger partial charge on any atom is -0.374 e. The third-order valence-electron chi connectivity index (χ3n) is 2.54. The molecule has 0 bridgehead atoms. The Hall–Kier alpha value is -1.58. The fraction of sp³-hybridized carbons (Fsp3) is 0.400. The molecular formula is C10H12N2O2. The van der Waals surface area contributed by atoms with Crippen molar-refractivity contribution in [2.24, 2.45) is 0 Å². The molecule has 1 fully saturated rings. The Morgan fingerprint density at radius 2 is 2.07 bits per heavy atom. The Morgan fingerprint density at radius 1 is 1.43 bits per heavy atom. The lowest BCUT2D eigenvalue weighted by Crippen LogP contribution is -2.16. The van der Waals surface area contributed by atoms with E-state index in [2.05, 4.69) is 12.2 Å². The molecule has 0 saturated heterocycles. The van der Waals surface area contributed by atoms with Crippen molar-refractivity contribution in [3.05, 3.63) is 34.4 Å². The zero-order chi connectivity index (χ0) is 10.2. The molecule has 1 aliphatic carbocycles. The Kier molecular flexibility index (Phi) is 1.91. The molecule has 0 heterocycles. The van der Waals surface area contributed by atoms with Crippen LogP contribution in [0.5, 0.6) is 0 Å². The smallest absolute Gasteiger partial charge is 0.292 e. The molecule has 2 rings (SSSR count). The number of rotatable bonds is 3. The second-order valence-electron chi connectivity index (χ2n) is 3.96. The summed E-state index contributed by atoms with van der Waals surface area (Å²) in [5.74, 6) is 0. The molecular weight excluding hydrogens is 180 g/mol. The standard InChI is InChI=1S/C10H12N2O2/c1-10(6-7-10)11-8-4-2-3-5-9(8)12(13)14/h2-5,11H,6-7H2,1H3. The first-order valence-electron chi connectivity index (χ1n) is 4.62. The number of para-hydroxylation sites is 2. The number of hydrogen-bond acceptors (Lipinski definition) is 3. The summed E-state index contributed by atoms with van der Waals surface area (Å²) in [4.78, 5) is 10.3. The summed E-state index contributed by atoms with van der Waals surface area (Å²) in [6.07, 6.45) is 2.16. The zero-order valence-electron chi connectivity index (χ0n) is 7.99. The van der Waals surface area contributed by atoms with Gasteiger partial charge >= 0.3 is 0 Å². The molecule has 14 heavy (non-hydrogen) atoms. The van der Waals surface area contributed by atoms with Crippen LogP contribution in [0.1, 0.15) is 19.8 Å². The maximum absolute atomic E-state index is 10.7. The summed E-state index contributed by atoms with van der Waals surface area (Å²) in [6, 6.07) is 6.76. The van der Waals surface area contributed by atoms with E-state index in [-0.39, 0.29) is 16.1 Å². The van der Waals surface area contributed by atoms with Crippen molar-refractivity contribution in [1.82, 2.24) is 0 Å². The maximum Gasteiger partial charge on any atom is 0.292 e. The van der Waals surface area contributed by atoms with Crippen molar-refractivity contribution in [3.63, 3.8) is 0 Å². The monoisotopic (exact) mass is 192 g/mol. The van der Waals surface area contributed by atoms with Crippen LogP contribution in [0.15, 0.2) is 24.3 Å². The average Bonchev–Trinajstić information content (AvgIpc) is 2.84. The quantitative estimate of drug-likeness (QED) is 0.591. The SMILES string of the molecule is CC1(Nc2ccccc2[N+](=O)[O-])CC1. The fourth-order valence-electron chi connectivity index (χ4n) is 1.38. The van der Waals surface area contributed by atoms with Crippen LogP contribution < -0.4 is 5.32 Å². The molecule has 74 valence electrons. The van der Waals surface area contributed by atoms with Crippen molar-refractivity contribution in [3.8, 4) is 0 Å². The highest BCUT2D eigenvalue weighted by atomic mass is 16.6. The number of nitrogens with zero attached hydrogens (tertiary/aromatic N) is 1. The van der Waals surface area contributed by atoms with E-state index in [9.17, 15) is 10.1 Å². The number of anilines is 1. The Labute approximate surface area is 82.1 Å². The van der Waals surface area contributed by atoms with Crippen molar-refractivity contribution in [2.45, 2.75) is 25.3 Å². The summed E-state index contributed by atoms with van der Waals surface area (Å²) >= 11 is 0. The van der Waals surface area contributed by atoms with Crippen LogP contribution in [0.25, 0.3) is 0 Å². The lowest BCUT2D eigenvalue weighted by molar-refractivity contribution is -0.384. The number of benzene rings is 1. The van der Waals surface area contributed by atoms with E-state index in [0.29, 0.717) is 5.69 Å². The summed E-state index contributed by atoms with van der Waals surface area (Å²) in [5.41, 5.74) is 0.852. The highest BCUT2D eigenvalue weighted by Crippen LogP contribution is 2.40. The second-order valence-corrected chi connectivity index (χ2v) is 3.96. The van der Waals surface area contributed by atoms with E-state index < -0.39 is 0 Å². The summed E-state index contributed by atoms with van der Waals surface area (Å²) in [5, 5.41) is 13.9. The van der Waals surface area contributed by atoms with E-state index in [4.69, 9.17) is 0 Å². The van der Waals surface area contributed by atoms with Gasteiger partial charge in [0, 0.05) is 11.6 Å². The van der Waals surface area contributed by atoms with Gasteiger partial charge in [0.15, 0.2) is 0 Å². The molecule has 0 atom stereocenters. The van der Waals surface area contributed by atoms with Crippen LogP contribution in [-0.2, 0) is 0 Å². The first-order valence-corrected chi connectivity index (χ1v) is 4.62. The Balaban J connectivity index is 2.27. The van der Waals surface area contributed by atoms with Crippen molar-refractivity contribution in [1.29, 1.82) is 0 Å². The van der Waals surface area contributed by atoms with Crippen LogP contribution in [0.2, 0.25) is 0 Å². The maximum atomic E-state index is 10.7. The third kappa shape index (κ3) is 1.69. The lowest BCUT2D eigenvalue weighted by Gasteiger charge is -2.12. The van der Waals surface area contributed by atoms with Crippen LogP contribution in [0, 0.1) is 10.1 Å². The fourth-order valence-corrected chi connectivity index (χ4v) is 1.38. The van der Waals surface area contributed by atoms with Crippen LogP contribution >= 0.6 is 0 Å². The highest BCUT2D eigenvalue weighted by Gasteiger charge is 2.38. The molecule has 1 saturated carbocycles. The number of nitro groups is 1. The van der Waals surface area contributed by atoms with Gasteiger partial charge in [-0.05, 0) is 25.8 Å². The van der Waals surface area contributed by atoms with Gasteiger partial charge in [-0.25, -0.2) is 0 Å². The van der Waals surface area contributed by atoms with Gasteiger partial charge in [0.2, 0.25) is 0 Å². The third-order valence-corrected chi connectivity index (χ3v) is 2.54. The molecule has 1 N–H and O–H groups in total. The normalized spacial score (nSPS) is 17.5. The van der Waals surface area contributed by atoms with Gasteiger partial charge in [0.25, 0.3) is 5.69 Å². The first-order chi connectivity index (χ1) is 6.61. The number of nitro benzene ring substituents is 1. The molecule has 4 heteroatoms. The molecule has 0 aliphatic heterocycles. The lowest BCUT2D eigenvalue weighted by atomic mass is 10.2. The van der Waals surface area contributed by atoms with Gasteiger partial charge in [-0.1, -0.05) is 12.1 Å². The van der Waals surface area contributed by atoms with Crippen molar-refractivity contribution in [2.75, 3.05) is 5.32 Å². The average molecular weight is 192 g/mol. The van der Waals surface area contributed by atoms with E-state index in [1.165, 1.54) is 6.07 Å². The van der Waals surface area contributed by atoms with Gasteiger partial charge in [-0.3, -0.25) is 10.1 Å². The Bertz CT molecular complexity index is 372. The zero-order valence-corrected chi connectivity index (χ0v) is 7.99. The van der Waals surface area contributed by atoms with Crippen molar-refractivity contribution < 1.29 is 4.92 Å². The molecule has 0 aromatic heterocycles. The largest absolute Gasteiger partial charge is 0.374 e. The van der Waals surface area contributed by atoms with Gasteiger partial charge < -0.3 is 5.32 Å². The van der Waals surface area contributed by atoms with Gasteiger partial charge in [0.1, 0.15) is 5.69 Å². The molecule has 4 nitrogen and oxygen atoms in total. The predicted octanol–water partition coefficient (Wildman–Crippen LogP) is 2.56. The Morgan fingerprint density at radius 3 is 2.64 bits per heavy atom. The van der Waals surface area contributed by atoms with E-state index in [1.807, 2.05) is 0 Å². The van der Waals surface area contributed by atoms with E-state index in [0.717, 1.165) is 12.8 Å².